The third-order valence-corrected chi connectivity index (χ3v) is 5.61. The highest BCUT2D eigenvalue weighted by atomic mass is 32.1. The highest BCUT2D eigenvalue weighted by molar-refractivity contribution is 7.13. The van der Waals surface area contributed by atoms with E-state index in [1.807, 2.05) is 55.1 Å². The lowest BCUT2D eigenvalue weighted by Gasteiger charge is -2.33. The molecule has 0 bridgehead atoms. The van der Waals surface area contributed by atoms with Gasteiger partial charge in [0.15, 0.2) is 0 Å². The van der Waals surface area contributed by atoms with Crippen LogP contribution < -0.4 is 10.1 Å². The number of carbonyl (C=O) groups is 1. The molecule has 162 valence electrons. The summed E-state index contributed by atoms with van der Waals surface area (Å²) >= 11 is 1.43. The molecule has 1 fully saturated rings. The molecule has 3 aromatic rings. The van der Waals surface area contributed by atoms with Crippen LogP contribution in [-0.4, -0.2) is 52.3 Å². The van der Waals surface area contributed by atoms with Gasteiger partial charge in [-0.3, -0.25) is 9.78 Å². The van der Waals surface area contributed by atoms with Crippen LogP contribution in [0.5, 0.6) is 5.75 Å². The largest absolute Gasteiger partial charge is 0.493 e. The van der Waals surface area contributed by atoms with Crippen LogP contribution in [-0.2, 0) is 9.53 Å². The minimum Gasteiger partial charge on any atom is -0.493 e. The Bertz CT molecular complexity index is 1030. The Morgan fingerprint density at radius 2 is 2.19 bits per heavy atom. The summed E-state index contributed by atoms with van der Waals surface area (Å²) in [7, 11) is 0. The quantitative estimate of drug-likeness (QED) is 0.601. The predicted octanol–water partition coefficient (Wildman–Crippen LogP) is 3.66. The monoisotopic (exact) mass is 439 g/mol. The van der Waals surface area contributed by atoms with Crippen LogP contribution in [0.25, 0.3) is 0 Å². The van der Waals surface area contributed by atoms with Crippen LogP contribution in [0, 0.1) is 13.8 Å². The number of rotatable bonds is 7. The number of hydrogen-bond donors (Lipinski definition) is 1. The van der Waals surface area contributed by atoms with Crippen molar-refractivity contribution in [1.29, 1.82) is 0 Å². The molecule has 0 radical (unpaired) electrons. The number of benzene rings is 1. The average Bonchev–Trinajstić information content (AvgIpc) is 3.28. The number of anilines is 2. The van der Waals surface area contributed by atoms with Gasteiger partial charge in [-0.25, -0.2) is 0 Å². The molecular formula is C22H25N5O3S. The van der Waals surface area contributed by atoms with Gasteiger partial charge in [0.1, 0.15) is 17.4 Å². The smallest absolute Gasteiger partial charge is 0.226 e. The maximum atomic E-state index is 12.7. The molecule has 9 heteroatoms. The van der Waals surface area contributed by atoms with Crippen molar-refractivity contribution in [2.45, 2.75) is 26.4 Å². The van der Waals surface area contributed by atoms with Crippen LogP contribution in [0.1, 0.15) is 29.5 Å². The van der Waals surface area contributed by atoms with Gasteiger partial charge in [0.05, 0.1) is 31.9 Å². The van der Waals surface area contributed by atoms with Gasteiger partial charge in [-0.2, -0.15) is 0 Å². The molecule has 1 aromatic carbocycles. The fourth-order valence-corrected chi connectivity index (χ4v) is 3.93. The third kappa shape index (κ3) is 5.56. The highest BCUT2D eigenvalue weighted by Crippen LogP contribution is 2.26. The first kappa shape index (κ1) is 21.2. The normalized spacial score (nSPS) is 16.2. The van der Waals surface area contributed by atoms with Crippen molar-refractivity contribution >= 4 is 28.1 Å². The Labute approximate surface area is 185 Å². The summed E-state index contributed by atoms with van der Waals surface area (Å²) < 4.78 is 11.7. The van der Waals surface area contributed by atoms with E-state index in [2.05, 4.69) is 20.5 Å². The molecule has 8 nitrogen and oxygen atoms in total. The second-order valence-corrected chi connectivity index (χ2v) is 8.19. The van der Waals surface area contributed by atoms with Crippen molar-refractivity contribution in [2.75, 3.05) is 31.6 Å². The fraction of sp³-hybridized carbons (Fsp3) is 0.364. The molecule has 1 aliphatic rings. The van der Waals surface area contributed by atoms with E-state index in [0.29, 0.717) is 37.9 Å². The number of ether oxygens (including phenoxy) is 2. The van der Waals surface area contributed by atoms with Crippen LogP contribution >= 0.6 is 11.3 Å². The summed E-state index contributed by atoms with van der Waals surface area (Å²) in [6.45, 7) is 5.80. The van der Waals surface area contributed by atoms with Crippen molar-refractivity contribution in [3.63, 3.8) is 0 Å². The second kappa shape index (κ2) is 9.84. The summed E-state index contributed by atoms with van der Waals surface area (Å²) in [6, 6.07) is 11.7. The molecule has 0 unspecified atom stereocenters. The molecule has 1 amide bonds. The number of carbonyl (C=O) groups excluding carboxylic acids is 1. The van der Waals surface area contributed by atoms with Crippen LogP contribution in [0.3, 0.4) is 0 Å². The van der Waals surface area contributed by atoms with Gasteiger partial charge in [-0.1, -0.05) is 29.5 Å². The summed E-state index contributed by atoms with van der Waals surface area (Å²) in [5.74, 6) is 0.872. The Kier molecular flexibility index (Phi) is 6.73. The zero-order valence-corrected chi connectivity index (χ0v) is 18.4. The summed E-state index contributed by atoms with van der Waals surface area (Å²) in [4.78, 5) is 19.2. The van der Waals surface area contributed by atoms with E-state index < -0.39 is 0 Å². The lowest BCUT2D eigenvalue weighted by molar-refractivity contribution is -0.139. The lowest BCUT2D eigenvalue weighted by Crippen LogP contribution is -2.42. The first-order valence-corrected chi connectivity index (χ1v) is 11.1. The van der Waals surface area contributed by atoms with Crippen molar-refractivity contribution in [3.05, 3.63) is 58.9 Å². The number of nitrogens with one attached hydrogen (secondary N) is 1. The molecule has 1 saturated heterocycles. The van der Waals surface area contributed by atoms with Gasteiger partial charge in [-0.15, -0.1) is 10.2 Å². The van der Waals surface area contributed by atoms with Gasteiger partial charge >= 0.3 is 0 Å². The van der Waals surface area contributed by atoms with E-state index in [-0.39, 0.29) is 12.0 Å². The van der Waals surface area contributed by atoms with Crippen molar-refractivity contribution in [3.8, 4) is 5.75 Å². The number of aromatic nitrogens is 3. The third-order valence-electron chi connectivity index (χ3n) is 5.00. The maximum absolute atomic E-state index is 12.7. The molecule has 3 heterocycles. The van der Waals surface area contributed by atoms with Gasteiger partial charge < -0.3 is 19.7 Å². The Hall–Kier alpha value is -3.04. The molecule has 1 N–H and O–H groups in total. The van der Waals surface area contributed by atoms with Gasteiger partial charge in [0, 0.05) is 17.9 Å². The zero-order valence-electron chi connectivity index (χ0n) is 17.6. The molecule has 1 atom stereocenters. The highest BCUT2D eigenvalue weighted by Gasteiger charge is 2.26. The minimum absolute atomic E-state index is 0.0572. The maximum Gasteiger partial charge on any atom is 0.226 e. The van der Waals surface area contributed by atoms with Crippen molar-refractivity contribution < 1.29 is 14.3 Å². The topological polar surface area (TPSA) is 89.5 Å². The van der Waals surface area contributed by atoms with Crippen molar-refractivity contribution in [2.24, 2.45) is 0 Å². The fourth-order valence-electron chi connectivity index (χ4n) is 3.46. The van der Waals surface area contributed by atoms with Gasteiger partial charge in [0.2, 0.25) is 11.0 Å². The molecule has 0 spiro atoms. The number of nitrogens with zero attached hydrogens (tertiary/aromatic N) is 4. The molecule has 2 aromatic heterocycles. The molecule has 0 aliphatic carbocycles. The van der Waals surface area contributed by atoms with E-state index in [9.17, 15) is 4.79 Å². The standard InChI is InChI=1S/C22H25N5O3S/c1-15-5-3-4-6-19(15)29-9-7-21(28)27-8-10-30-20(13-27)18-12-17(11-16(2)24-18)25-22-26-23-14-31-22/h3-6,11-12,14,20H,7-10,13H2,1-2H3,(H,24,25,26)/t20-/m1/s1. The predicted molar refractivity (Wildman–Crippen MR) is 119 cm³/mol. The first-order chi connectivity index (χ1) is 15.1. The SMILES string of the molecule is Cc1cc(Nc2nncs2)cc([C@H]2CN(C(=O)CCOc3ccccc3C)CCO2)n1. The Morgan fingerprint density at radius 3 is 3.00 bits per heavy atom. The van der Waals surface area contributed by atoms with E-state index >= 15 is 0 Å². The number of pyridine rings is 1. The minimum atomic E-state index is -0.273. The number of aryl methyl sites for hydroxylation is 2. The summed E-state index contributed by atoms with van der Waals surface area (Å²) in [5, 5.41) is 11.8. The first-order valence-electron chi connectivity index (χ1n) is 10.2. The average molecular weight is 440 g/mol. The van der Waals surface area contributed by atoms with E-state index in [0.717, 1.165) is 28.4 Å². The number of amides is 1. The molecule has 1 aliphatic heterocycles. The van der Waals surface area contributed by atoms with E-state index in [4.69, 9.17) is 9.47 Å². The van der Waals surface area contributed by atoms with Crippen LogP contribution in [0.2, 0.25) is 0 Å². The molecular weight excluding hydrogens is 414 g/mol. The van der Waals surface area contributed by atoms with Crippen molar-refractivity contribution in [1.82, 2.24) is 20.1 Å². The number of para-hydroxylation sites is 1. The summed E-state index contributed by atoms with van der Waals surface area (Å²) in [6.07, 6.45) is 0.0523. The molecule has 4 rings (SSSR count). The molecule has 0 saturated carbocycles. The number of hydrogen-bond acceptors (Lipinski definition) is 8. The van der Waals surface area contributed by atoms with Crippen LogP contribution in [0.15, 0.2) is 41.9 Å². The van der Waals surface area contributed by atoms with E-state index in [1.54, 1.807) is 5.51 Å². The second-order valence-electron chi connectivity index (χ2n) is 7.35. The molecule has 31 heavy (non-hydrogen) atoms. The summed E-state index contributed by atoms with van der Waals surface area (Å²) in [5.41, 5.74) is 5.26. The van der Waals surface area contributed by atoms with Crippen LogP contribution in [0.4, 0.5) is 10.8 Å². The van der Waals surface area contributed by atoms with Gasteiger partial charge in [0.25, 0.3) is 0 Å². The lowest BCUT2D eigenvalue weighted by atomic mass is 10.1. The van der Waals surface area contributed by atoms with Gasteiger partial charge in [-0.05, 0) is 37.6 Å². The Balaban J connectivity index is 1.36. The Morgan fingerprint density at radius 1 is 1.32 bits per heavy atom. The number of morpholine rings is 1. The zero-order chi connectivity index (χ0) is 21.6. The van der Waals surface area contributed by atoms with E-state index in [1.165, 1.54) is 11.3 Å².